The second kappa shape index (κ2) is 26.3. The minimum Gasteiger partial charge on any atom is -0.370 e. The molecule has 0 spiro atoms. The van der Waals surface area contributed by atoms with Gasteiger partial charge in [-0.05, 0) is 36.5 Å². The third-order valence-corrected chi connectivity index (χ3v) is 14.7. The second-order valence-corrected chi connectivity index (χ2v) is 20.1. The van der Waals surface area contributed by atoms with Crippen molar-refractivity contribution in [1.29, 1.82) is 0 Å². The molecule has 3 aromatic carbocycles. The molecular weight excluding hydrogens is 975 g/mol. The summed E-state index contributed by atoms with van der Waals surface area (Å²) in [7, 11) is 0. The number of carbonyl (C=O) groups excluding carboxylic acids is 7. The summed E-state index contributed by atoms with van der Waals surface area (Å²) in [6, 6.07) is 17.6. The van der Waals surface area contributed by atoms with Crippen LogP contribution in [0.4, 0.5) is 0 Å². The fourth-order valence-electron chi connectivity index (χ4n) is 9.15. The zero-order valence-corrected chi connectivity index (χ0v) is 43.0. The van der Waals surface area contributed by atoms with E-state index in [1.807, 2.05) is 72.3 Å². The Hall–Kier alpha value is -7.94. The molecule has 0 bridgehead atoms. The standard InChI is InChI=1S/C54H67N13O7S/c1-3-4-13-32(2)48(70)66-45-29-67-28-34-16-8-9-18-39(34)53(67)75-30-36(47(55)69)24-46(68)42(23-35-26-60-40-19-11-10-17-38(35)40)63-49(71)41(20-12-21-59-54(56)57)62-50(72)43(22-33-14-6-5-7-15-33)64-51(73)44(65-52(45)74)25-37-27-58-31-61-37/h5-11,14-19,26-28,31-32,36,41-45,60H,3-4,12-13,20-25,29-30H2,1-2H3,(H2,55,69)(H,58,61)(H,62,72)(H,63,71)(H,64,73)(H,65,74)(H,66,70)(H4,56,57,59)/t32-,36-,41-,42-,43+,44-,45-/m0/s1. The quantitative estimate of drug-likeness (QED) is 0.0382. The first kappa shape index (κ1) is 54.8. The molecule has 20 nitrogen and oxygen atoms in total. The molecule has 396 valence electrons. The number of guanidine groups is 1. The number of imidazole rings is 1. The highest BCUT2D eigenvalue weighted by Gasteiger charge is 2.35. The molecule has 4 heterocycles. The van der Waals surface area contributed by atoms with E-state index in [4.69, 9.17) is 17.2 Å². The number of rotatable bonds is 16. The van der Waals surface area contributed by atoms with Crippen LogP contribution in [-0.2, 0) is 59.4 Å². The zero-order chi connectivity index (χ0) is 53.4. The number of amides is 6. The first-order valence-electron chi connectivity index (χ1n) is 25.3. The molecule has 1 aliphatic rings. The van der Waals surface area contributed by atoms with E-state index in [9.17, 15) is 33.6 Å². The van der Waals surface area contributed by atoms with Crippen molar-refractivity contribution in [2.24, 2.45) is 34.0 Å². The van der Waals surface area contributed by atoms with E-state index in [1.165, 1.54) is 24.3 Å². The van der Waals surface area contributed by atoms with E-state index in [2.05, 4.69) is 46.5 Å². The van der Waals surface area contributed by atoms with Gasteiger partial charge in [-0.3, -0.25) is 38.6 Å². The largest absolute Gasteiger partial charge is 0.370 e. The van der Waals surface area contributed by atoms with Crippen LogP contribution in [0.15, 0.2) is 114 Å². The van der Waals surface area contributed by atoms with Gasteiger partial charge in [-0.1, -0.05) is 99.5 Å². The maximum Gasteiger partial charge on any atom is 0.245 e. The van der Waals surface area contributed by atoms with Crippen LogP contribution in [0.2, 0.25) is 0 Å². The van der Waals surface area contributed by atoms with E-state index in [1.54, 1.807) is 37.4 Å². The van der Waals surface area contributed by atoms with Crippen molar-refractivity contribution in [2.45, 2.75) is 113 Å². The molecule has 3 aromatic heterocycles. The lowest BCUT2D eigenvalue weighted by Crippen LogP contribution is -2.60. The summed E-state index contributed by atoms with van der Waals surface area (Å²) in [6.07, 6.45) is 8.55. The number of nitrogens with one attached hydrogen (secondary N) is 7. The maximum atomic E-state index is 14.9. The predicted molar refractivity (Wildman–Crippen MR) is 288 cm³/mol. The molecule has 0 saturated heterocycles. The Kier molecular flexibility index (Phi) is 19.2. The number of para-hydroxylation sites is 1. The molecule has 0 radical (unpaired) electrons. The molecule has 21 heteroatoms. The van der Waals surface area contributed by atoms with Crippen molar-refractivity contribution >= 4 is 80.6 Å². The van der Waals surface area contributed by atoms with Crippen LogP contribution in [0.3, 0.4) is 0 Å². The Morgan fingerprint density at radius 1 is 0.787 bits per heavy atom. The molecular formula is C54H67N13O7S. The van der Waals surface area contributed by atoms with Crippen LogP contribution < -0.4 is 43.8 Å². The average Bonchev–Trinajstić information content (AvgIpc) is 4.16. The van der Waals surface area contributed by atoms with Crippen LogP contribution in [0, 0.1) is 11.8 Å². The molecule has 0 unspecified atom stereocenters. The lowest BCUT2D eigenvalue weighted by molar-refractivity contribution is -0.135. The number of aliphatic imine (C=N–C) groups is 1. The second-order valence-electron chi connectivity index (χ2n) is 19.1. The number of hydrogen-bond acceptors (Lipinski definition) is 10. The average molecular weight is 1040 g/mol. The molecule has 13 N–H and O–H groups in total. The first-order chi connectivity index (χ1) is 36.2. The van der Waals surface area contributed by atoms with Gasteiger partial charge in [-0.15, -0.1) is 11.8 Å². The number of H-pyrrole nitrogens is 2. The van der Waals surface area contributed by atoms with Crippen molar-refractivity contribution < 1.29 is 33.6 Å². The van der Waals surface area contributed by atoms with Crippen molar-refractivity contribution in [3.8, 4) is 0 Å². The number of nitrogens with two attached hydrogens (primary N) is 3. The number of fused-ring (bicyclic) bond motifs is 4. The number of hydrogen-bond donors (Lipinski definition) is 10. The first-order valence-corrected chi connectivity index (χ1v) is 26.3. The van der Waals surface area contributed by atoms with Gasteiger partial charge in [0.25, 0.3) is 0 Å². The number of carbonyl (C=O) groups is 7. The summed E-state index contributed by atoms with van der Waals surface area (Å²) in [4.78, 5) is 116. The van der Waals surface area contributed by atoms with Crippen LogP contribution in [0.25, 0.3) is 21.7 Å². The lowest BCUT2D eigenvalue weighted by Gasteiger charge is -2.28. The van der Waals surface area contributed by atoms with Crippen molar-refractivity contribution in [2.75, 3.05) is 12.3 Å². The normalized spacial score (nSPS) is 20.9. The van der Waals surface area contributed by atoms with Gasteiger partial charge in [0.05, 0.1) is 29.9 Å². The summed E-state index contributed by atoms with van der Waals surface area (Å²) < 4.78 is 1.82. The van der Waals surface area contributed by atoms with Crippen molar-refractivity contribution in [3.05, 3.63) is 121 Å². The highest BCUT2D eigenvalue weighted by atomic mass is 32.2. The van der Waals surface area contributed by atoms with Crippen molar-refractivity contribution in [3.63, 3.8) is 0 Å². The van der Waals surface area contributed by atoms with Crippen LogP contribution in [0.5, 0.6) is 0 Å². The summed E-state index contributed by atoms with van der Waals surface area (Å²) in [5, 5.41) is 17.5. The predicted octanol–water partition coefficient (Wildman–Crippen LogP) is 3.04. The Labute approximate surface area is 439 Å². The van der Waals surface area contributed by atoms with E-state index in [0.29, 0.717) is 22.7 Å². The van der Waals surface area contributed by atoms with Crippen LogP contribution >= 0.6 is 11.8 Å². The highest BCUT2D eigenvalue weighted by molar-refractivity contribution is 7.99. The fraction of sp³-hybridized carbons (Fsp3) is 0.389. The number of nitrogens with zero attached hydrogens (tertiary/aromatic N) is 3. The minimum atomic E-state index is -1.32. The third kappa shape index (κ3) is 15.1. The monoisotopic (exact) mass is 1040 g/mol. The summed E-state index contributed by atoms with van der Waals surface area (Å²) in [6.45, 7) is 3.82. The number of Topliss-reactive ketones (excluding diaryl/α,β-unsaturated/α-hetero) is 1. The Bertz CT molecular complexity index is 2970. The number of ketones is 1. The highest BCUT2D eigenvalue weighted by Crippen LogP contribution is 2.33. The number of unbranched alkanes of at least 4 members (excludes halogenated alkanes) is 1. The van der Waals surface area contributed by atoms with Gasteiger partial charge in [0, 0.05) is 89.9 Å². The van der Waals surface area contributed by atoms with E-state index in [-0.39, 0.29) is 69.2 Å². The molecule has 0 saturated carbocycles. The smallest absolute Gasteiger partial charge is 0.245 e. The lowest BCUT2D eigenvalue weighted by atomic mass is 9.94. The van der Waals surface area contributed by atoms with E-state index >= 15 is 0 Å². The van der Waals surface area contributed by atoms with Gasteiger partial charge in [0.2, 0.25) is 35.4 Å². The molecule has 7 atom stereocenters. The molecule has 1 aliphatic heterocycles. The van der Waals surface area contributed by atoms with Gasteiger partial charge < -0.3 is 58.3 Å². The number of benzene rings is 3. The topological polar surface area (TPSA) is 319 Å². The Morgan fingerprint density at radius 3 is 2.17 bits per heavy atom. The van der Waals surface area contributed by atoms with Crippen LogP contribution in [-0.4, -0.2) is 109 Å². The fourth-order valence-corrected chi connectivity index (χ4v) is 10.4. The van der Waals surface area contributed by atoms with Gasteiger partial charge >= 0.3 is 0 Å². The van der Waals surface area contributed by atoms with E-state index < -0.39 is 77.4 Å². The number of primary amides is 1. The van der Waals surface area contributed by atoms with Crippen LogP contribution in [0.1, 0.15) is 69.2 Å². The Balaban J connectivity index is 1.33. The summed E-state index contributed by atoms with van der Waals surface area (Å²) in [5.74, 6) is -6.08. The Morgan fingerprint density at radius 2 is 1.45 bits per heavy atom. The van der Waals surface area contributed by atoms with E-state index in [0.717, 1.165) is 40.1 Å². The van der Waals surface area contributed by atoms with Crippen molar-refractivity contribution in [1.82, 2.24) is 46.1 Å². The number of thioether (sulfide) groups is 1. The SMILES string of the molecule is CCCC[C@H](C)C(=O)N[C@H]1Cn2cc3ccccc3c2SC[C@@H](C(N)=O)CC(=O)[C@H](Cc2c[nH]c3ccccc23)NC(=O)[C@H](CCCN=C(N)N)NC(=O)[C@@H](Cc2ccccc2)NC(=O)[C@H](Cc2cnc[nH]2)NC1=O. The molecule has 0 aliphatic carbocycles. The number of aromatic nitrogens is 4. The molecule has 6 amide bonds. The third-order valence-electron chi connectivity index (χ3n) is 13.4. The van der Waals surface area contributed by atoms with Gasteiger partial charge in [0.15, 0.2) is 11.7 Å². The molecule has 7 rings (SSSR count). The number of aromatic amines is 2. The minimum absolute atomic E-state index is 0.00514. The summed E-state index contributed by atoms with van der Waals surface area (Å²) >= 11 is 1.26. The molecule has 6 aromatic rings. The van der Waals surface area contributed by atoms with Gasteiger partial charge in [-0.25, -0.2) is 4.98 Å². The van der Waals surface area contributed by atoms with Gasteiger partial charge in [0.1, 0.15) is 24.2 Å². The molecule has 75 heavy (non-hydrogen) atoms. The summed E-state index contributed by atoms with van der Waals surface area (Å²) in [5.41, 5.74) is 20.0. The zero-order valence-electron chi connectivity index (χ0n) is 42.2. The van der Waals surface area contributed by atoms with Gasteiger partial charge in [-0.2, -0.15) is 0 Å². The molecule has 0 fully saturated rings. The maximum absolute atomic E-state index is 14.9.